The third-order valence-electron chi connectivity index (χ3n) is 5.30. The molecule has 0 aliphatic carbocycles. The summed E-state index contributed by atoms with van der Waals surface area (Å²) in [7, 11) is 0. The number of nitrogens with two attached hydrogens (primary N) is 1. The van der Waals surface area contributed by atoms with E-state index in [1.807, 2.05) is 0 Å². The lowest BCUT2D eigenvalue weighted by Crippen LogP contribution is -2.58. The predicted octanol–water partition coefficient (Wildman–Crippen LogP) is 2.10. The number of morpholine rings is 1. The normalized spacial score (nSPS) is 29.4. The second-order valence-corrected chi connectivity index (χ2v) is 6.94. The van der Waals surface area contributed by atoms with Gasteiger partial charge in [0.15, 0.2) is 0 Å². The molecule has 4 aliphatic rings. The van der Waals surface area contributed by atoms with E-state index in [0.717, 1.165) is 45.6 Å². The molecule has 0 spiro atoms. The van der Waals surface area contributed by atoms with E-state index in [2.05, 4.69) is 9.80 Å². The van der Waals surface area contributed by atoms with Gasteiger partial charge in [0.25, 0.3) is 0 Å². The Hall–Kier alpha value is -1.33. The second kappa shape index (κ2) is 5.70. The Morgan fingerprint density at radius 1 is 1.18 bits per heavy atom. The Labute approximate surface area is 131 Å². The highest BCUT2D eigenvalue weighted by molar-refractivity contribution is 5.68. The Kier molecular flexibility index (Phi) is 3.70. The van der Waals surface area contributed by atoms with Crippen LogP contribution in [-0.4, -0.2) is 49.8 Å². The Morgan fingerprint density at radius 2 is 1.86 bits per heavy atom. The standard InChI is InChI=1S/C17H24FN3O/c18-15-2-1-3-16(19)17(15)21-6-4-12(5-7-21)9-20-10-13-8-14(11-20)22-13/h1-3,12-14H,4-11,19H2. The van der Waals surface area contributed by atoms with E-state index in [1.165, 1.54) is 12.5 Å². The number of piperidine rings is 2. The molecule has 22 heavy (non-hydrogen) atoms. The first-order valence-electron chi connectivity index (χ1n) is 8.36. The lowest BCUT2D eigenvalue weighted by molar-refractivity contribution is -0.182. The van der Waals surface area contributed by atoms with E-state index in [-0.39, 0.29) is 5.82 Å². The zero-order valence-corrected chi connectivity index (χ0v) is 12.9. The van der Waals surface area contributed by atoms with Gasteiger partial charge in [-0.25, -0.2) is 4.39 Å². The van der Waals surface area contributed by atoms with Crippen LogP contribution < -0.4 is 10.6 Å². The van der Waals surface area contributed by atoms with E-state index in [0.29, 0.717) is 29.5 Å². The van der Waals surface area contributed by atoms with E-state index in [9.17, 15) is 4.39 Å². The van der Waals surface area contributed by atoms with Gasteiger partial charge in [0.05, 0.1) is 23.6 Å². The molecule has 5 heteroatoms. The predicted molar refractivity (Wildman–Crippen MR) is 85.5 cm³/mol. The summed E-state index contributed by atoms with van der Waals surface area (Å²) in [6.07, 6.45) is 4.44. The van der Waals surface area contributed by atoms with Crippen LogP contribution >= 0.6 is 0 Å². The highest BCUT2D eigenvalue weighted by atomic mass is 19.1. The van der Waals surface area contributed by atoms with Crippen molar-refractivity contribution in [3.63, 3.8) is 0 Å². The van der Waals surface area contributed by atoms with Crippen molar-refractivity contribution in [1.82, 2.24) is 4.90 Å². The quantitative estimate of drug-likeness (QED) is 0.868. The third-order valence-corrected chi connectivity index (χ3v) is 5.30. The van der Waals surface area contributed by atoms with Gasteiger partial charge in [-0.2, -0.15) is 0 Å². The lowest BCUT2D eigenvalue weighted by atomic mass is 9.92. The molecule has 2 bridgehead atoms. The second-order valence-electron chi connectivity index (χ2n) is 6.94. The van der Waals surface area contributed by atoms with E-state index in [1.54, 1.807) is 12.1 Å². The lowest BCUT2D eigenvalue weighted by Gasteiger charge is -2.48. The number of rotatable bonds is 3. The molecule has 4 saturated heterocycles. The monoisotopic (exact) mass is 305 g/mol. The fraction of sp³-hybridized carbons (Fsp3) is 0.647. The highest BCUT2D eigenvalue weighted by Crippen LogP contribution is 2.32. The van der Waals surface area contributed by atoms with Crippen molar-refractivity contribution < 1.29 is 9.13 Å². The van der Waals surface area contributed by atoms with Gasteiger partial charge in [-0.1, -0.05) is 6.07 Å². The summed E-state index contributed by atoms with van der Waals surface area (Å²) in [6, 6.07) is 4.95. The van der Waals surface area contributed by atoms with Crippen LogP contribution in [0.5, 0.6) is 0 Å². The van der Waals surface area contributed by atoms with Crippen LogP contribution in [0, 0.1) is 11.7 Å². The average Bonchev–Trinajstić information content (AvgIpc) is 2.48. The molecule has 2 atom stereocenters. The van der Waals surface area contributed by atoms with Gasteiger partial charge in [0.1, 0.15) is 5.82 Å². The van der Waals surface area contributed by atoms with Crippen molar-refractivity contribution in [2.45, 2.75) is 31.5 Å². The zero-order valence-electron chi connectivity index (χ0n) is 12.9. The van der Waals surface area contributed by atoms with Crippen molar-refractivity contribution in [1.29, 1.82) is 0 Å². The van der Waals surface area contributed by atoms with Crippen molar-refractivity contribution in [2.75, 3.05) is 43.4 Å². The molecule has 1 aromatic carbocycles. The molecule has 4 fully saturated rings. The molecule has 1 aromatic rings. The van der Waals surface area contributed by atoms with Gasteiger partial charge in [-0.15, -0.1) is 0 Å². The number of ether oxygens (including phenoxy) is 1. The first-order valence-corrected chi connectivity index (χ1v) is 8.36. The summed E-state index contributed by atoms with van der Waals surface area (Å²) >= 11 is 0. The number of hydrogen-bond donors (Lipinski definition) is 1. The van der Waals surface area contributed by atoms with Gasteiger partial charge >= 0.3 is 0 Å². The zero-order chi connectivity index (χ0) is 15.1. The SMILES string of the molecule is Nc1cccc(F)c1N1CCC(CN2CC3CC(C2)O3)CC1. The molecule has 4 nitrogen and oxygen atoms in total. The van der Waals surface area contributed by atoms with Crippen LogP contribution in [0.15, 0.2) is 18.2 Å². The molecule has 4 aliphatic heterocycles. The number of para-hydroxylation sites is 1. The fourth-order valence-corrected chi connectivity index (χ4v) is 4.16. The minimum absolute atomic E-state index is 0.202. The van der Waals surface area contributed by atoms with E-state index >= 15 is 0 Å². The molecule has 0 aromatic heterocycles. The summed E-state index contributed by atoms with van der Waals surface area (Å²) in [5.41, 5.74) is 7.09. The van der Waals surface area contributed by atoms with Gasteiger partial charge in [-0.05, 0) is 30.9 Å². The highest BCUT2D eigenvalue weighted by Gasteiger charge is 2.38. The maximum Gasteiger partial charge on any atom is 0.148 e. The van der Waals surface area contributed by atoms with E-state index < -0.39 is 0 Å². The molecule has 5 rings (SSSR count). The summed E-state index contributed by atoms with van der Waals surface area (Å²) in [5, 5.41) is 0. The largest absolute Gasteiger partial charge is 0.397 e. The van der Waals surface area contributed by atoms with Gasteiger partial charge in [0.2, 0.25) is 0 Å². The third kappa shape index (κ3) is 2.68. The smallest absolute Gasteiger partial charge is 0.148 e. The molecular formula is C17H24FN3O. The van der Waals surface area contributed by atoms with Crippen LogP contribution in [-0.2, 0) is 4.74 Å². The van der Waals surface area contributed by atoms with Gasteiger partial charge < -0.3 is 15.4 Å². The summed E-state index contributed by atoms with van der Waals surface area (Å²) in [4.78, 5) is 4.66. The molecule has 0 saturated carbocycles. The number of nitrogen functional groups attached to an aromatic ring is 1. The van der Waals surface area contributed by atoms with Crippen molar-refractivity contribution in [2.24, 2.45) is 5.92 Å². The first kappa shape index (κ1) is 14.3. The number of benzene rings is 1. The minimum atomic E-state index is -0.202. The maximum absolute atomic E-state index is 14.0. The average molecular weight is 305 g/mol. The molecule has 2 unspecified atom stereocenters. The van der Waals surface area contributed by atoms with Crippen LogP contribution in [0.2, 0.25) is 0 Å². The molecular weight excluding hydrogens is 281 g/mol. The first-order chi connectivity index (χ1) is 10.7. The molecule has 2 N–H and O–H groups in total. The van der Waals surface area contributed by atoms with Crippen molar-refractivity contribution in [3.05, 3.63) is 24.0 Å². The van der Waals surface area contributed by atoms with Crippen LogP contribution in [0.25, 0.3) is 0 Å². The van der Waals surface area contributed by atoms with Crippen LogP contribution in [0.4, 0.5) is 15.8 Å². The topological polar surface area (TPSA) is 41.7 Å². The number of hydrogen-bond acceptors (Lipinski definition) is 4. The minimum Gasteiger partial charge on any atom is -0.397 e. The molecule has 0 amide bonds. The van der Waals surface area contributed by atoms with E-state index in [4.69, 9.17) is 10.5 Å². The Bertz CT molecular complexity index is 508. The summed E-state index contributed by atoms with van der Waals surface area (Å²) < 4.78 is 19.7. The maximum atomic E-state index is 14.0. The van der Waals surface area contributed by atoms with Gasteiger partial charge in [0, 0.05) is 39.1 Å². The van der Waals surface area contributed by atoms with Gasteiger partial charge in [-0.3, -0.25) is 4.90 Å². The Balaban J connectivity index is 1.32. The number of halogens is 1. The van der Waals surface area contributed by atoms with Crippen molar-refractivity contribution >= 4 is 11.4 Å². The number of fused-ring (bicyclic) bond motifs is 2. The molecule has 4 heterocycles. The Morgan fingerprint density at radius 3 is 2.50 bits per heavy atom. The van der Waals surface area contributed by atoms with Crippen LogP contribution in [0.1, 0.15) is 19.3 Å². The molecule has 0 radical (unpaired) electrons. The van der Waals surface area contributed by atoms with Crippen LogP contribution in [0.3, 0.4) is 0 Å². The summed E-state index contributed by atoms with van der Waals surface area (Å²) in [6.45, 7) is 5.14. The molecule has 120 valence electrons. The fourth-order valence-electron chi connectivity index (χ4n) is 4.16. The number of anilines is 2. The summed E-state index contributed by atoms with van der Waals surface area (Å²) in [5.74, 6) is 0.508. The number of nitrogens with zero attached hydrogens (tertiary/aromatic N) is 2. The van der Waals surface area contributed by atoms with Crippen molar-refractivity contribution in [3.8, 4) is 0 Å².